The molecule has 0 aromatic carbocycles. The second kappa shape index (κ2) is 6.05. The number of amides is 1. The first-order chi connectivity index (χ1) is 7.13. The quantitative estimate of drug-likeness (QED) is 0.664. The van der Waals surface area contributed by atoms with Crippen LogP contribution in [0.15, 0.2) is 0 Å². The number of ether oxygens (including phenoxy) is 2. The first-order valence-electron chi connectivity index (χ1n) is 5.32. The molecule has 1 aliphatic rings. The standard InChI is InChI=1S/C10H20N2O3/c1-14-7-3-2-4-8(5-7)15-6-9(11)10(12)13/h7-9H,2-6,11H2,1H3,(H2,12,13). The van der Waals surface area contributed by atoms with Gasteiger partial charge in [0.1, 0.15) is 6.04 Å². The number of carbonyl (C=O) groups is 1. The SMILES string of the molecule is COC1CCCC(OCC(N)C(N)=O)C1. The van der Waals surface area contributed by atoms with Crippen LogP contribution < -0.4 is 11.5 Å². The van der Waals surface area contributed by atoms with Crippen molar-refractivity contribution in [3.05, 3.63) is 0 Å². The molecule has 5 heteroatoms. The number of nitrogens with two attached hydrogens (primary N) is 2. The fourth-order valence-electron chi connectivity index (χ4n) is 1.79. The molecule has 3 unspecified atom stereocenters. The lowest BCUT2D eigenvalue weighted by atomic mass is 9.95. The van der Waals surface area contributed by atoms with E-state index in [1.54, 1.807) is 7.11 Å². The van der Waals surface area contributed by atoms with Crippen LogP contribution in [0.1, 0.15) is 25.7 Å². The van der Waals surface area contributed by atoms with Gasteiger partial charge in [-0.2, -0.15) is 0 Å². The van der Waals surface area contributed by atoms with E-state index >= 15 is 0 Å². The minimum absolute atomic E-state index is 0.147. The maximum absolute atomic E-state index is 10.7. The smallest absolute Gasteiger partial charge is 0.236 e. The van der Waals surface area contributed by atoms with Crippen LogP contribution in [0.3, 0.4) is 0 Å². The summed E-state index contributed by atoms with van der Waals surface area (Å²) in [6, 6.07) is -0.701. The summed E-state index contributed by atoms with van der Waals surface area (Å²) in [7, 11) is 1.71. The minimum atomic E-state index is -0.701. The van der Waals surface area contributed by atoms with Crippen molar-refractivity contribution in [1.29, 1.82) is 0 Å². The molecular formula is C10H20N2O3. The van der Waals surface area contributed by atoms with Crippen LogP contribution in [0.2, 0.25) is 0 Å². The summed E-state index contributed by atoms with van der Waals surface area (Å²) in [5, 5.41) is 0. The molecule has 88 valence electrons. The van der Waals surface area contributed by atoms with E-state index in [1.165, 1.54) is 0 Å². The van der Waals surface area contributed by atoms with Gasteiger partial charge in [-0.05, 0) is 25.7 Å². The lowest BCUT2D eigenvalue weighted by Crippen LogP contribution is -2.42. The Morgan fingerprint density at radius 1 is 1.47 bits per heavy atom. The van der Waals surface area contributed by atoms with Crippen molar-refractivity contribution < 1.29 is 14.3 Å². The van der Waals surface area contributed by atoms with Crippen molar-refractivity contribution in [3.63, 3.8) is 0 Å². The fourth-order valence-corrected chi connectivity index (χ4v) is 1.79. The van der Waals surface area contributed by atoms with E-state index in [0.29, 0.717) is 0 Å². The highest BCUT2D eigenvalue weighted by molar-refractivity contribution is 5.79. The van der Waals surface area contributed by atoms with E-state index in [2.05, 4.69) is 0 Å². The van der Waals surface area contributed by atoms with E-state index in [-0.39, 0.29) is 18.8 Å². The topological polar surface area (TPSA) is 87.6 Å². The van der Waals surface area contributed by atoms with Crippen LogP contribution in [-0.4, -0.2) is 37.9 Å². The molecule has 0 heterocycles. The van der Waals surface area contributed by atoms with Crippen LogP contribution in [0, 0.1) is 0 Å². The zero-order chi connectivity index (χ0) is 11.3. The average Bonchev–Trinajstić information content (AvgIpc) is 2.26. The molecule has 1 amide bonds. The van der Waals surface area contributed by atoms with Gasteiger partial charge in [-0.15, -0.1) is 0 Å². The number of rotatable bonds is 5. The number of hydrogen-bond donors (Lipinski definition) is 2. The normalized spacial score (nSPS) is 28.7. The monoisotopic (exact) mass is 216 g/mol. The summed E-state index contributed by atoms with van der Waals surface area (Å²) < 4.78 is 10.8. The third-order valence-electron chi connectivity index (χ3n) is 2.79. The van der Waals surface area contributed by atoms with Crippen molar-refractivity contribution in [3.8, 4) is 0 Å². The van der Waals surface area contributed by atoms with Crippen LogP contribution in [0.4, 0.5) is 0 Å². The Labute approximate surface area is 90.1 Å². The number of primary amides is 1. The summed E-state index contributed by atoms with van der Waals surface area (Å²) in [6.45, 7) is 0.205. The van der Waals surface area contributed by atoms with Gasteiger partial charge in [-0.1, -0.05) is 0 Å². The van der Waals surface area contributed by atoms with Crippen LogP contribution in [-0.2, 0) is 14.3 Å². The molecule has 0 aromatic rings. The van der Waals surface area contributed by atoms with Crippen molar-refractivity contribution in [2.75, 3.05) is 13.7 Å². The first kappa shape index (κ1) is 12.4. The zero-order valence-corrected chi connectivity index (χ0v) is 9.15. The summed E-state index contributed by atoms with van der Waals surface area (Å²) in [5.41, 5.74) is 10.5. The zero-order valence-electron chi connectivity index (χ0n) is 9.15. The maximum atomic E-state index is 10.7. The van der Waals surface area contributed by atoms with Gasteiger partial charge in [-0.25, -0.2) is 0 Å². The van der Waals surface area contributed by atoms with Crippen LogP contribution in [0.5, 0.6) is 0 Å². The van der Waals surface area contributed by atoms with E-state index < -0.39 is 11.9 Å². The molecule has 15 heavy (non-hydrogen) atoms. The molecule has 1 rings (SSSR count). The predicted octanol–water partition coefficient (Wildman–Crippen LogP) is -0.227. The van der Waals surface area contributed by atoms with Crippen molar-refractivity contribution in [2.45, 2.75) is 43.9 Å². The van der Waals surface area contributed by atoms with Crippen LogP contribution in [0.25, 0.3) is 0 Å². The van der Waals surface area contributed by atoms with Gasteiger partial charge < -0.3 is 20.9 Å². The largest absolute Gasteiger partial charge is 0.381 e. The molecule has 3 atom stereocenters. The second-order valence-corrected chi connectivity index (χ2v) is 3.99. The van der Waals surface area contributed by atoms with Crippen molar-refractivity contribution >= 4 is 5.91 Å². The molecule has 0 spiro atoms. The Morgan fingerprint density at radius 3 is 2.73 bits per heavy atom. The van der Waals surface area contributed by atoms with E-state index in [0.717, 1.165) is 25.7 Å². The Bertz CT molecular complexity index is 211. The molecule has 0 radical (unpaired) electrons. The Kier molecular flexibility index (Phi) is 5.01. The third kappa shape index (κ3) is 4.15. The molecule has 1 saturated carbocycles. The highest BCUT2D eigenvalue weighted by Crippen LogP contribution is 2.22. The molecule has 4 N–H and O–H groups in total. The number of methoxy groups -OCH3 is 1. The van der Waals surface area contributed by atoms with Gasteiger partial charge >= 0.3 is 0 Å². The van der Waals surface area contributed by atoms with E-state index in [9.17, 15) is 4.79 Å². The highest BCUT2D eigenvalue weighted by Gasteiger charge is 2.23. The molecule has 0 saturated heterocycles. The maximum Gasteiger partial charge on any atom is 0.236 e. The van der Waals surface area contributed by atoms with Crippen molar-refractivity contribution in [2.24, 2.45) is 11.5 Å². The lowest BCUT2D eigenvalue weighted by molar-refractivity contribution is -0.121. The van der Waals surface area contributed by atoms with Gasteiger partial charge in [0.05, 0.1) is 18.8 Å². The van der Waals surface area contributed by atoms with Crippen LogP contribution >= 0.6 is 0 Å². The van der Waals surface area contributed by atoms with Gasteiger partial charge in [0, 0.05) is 7.11 Å². The van der Waals surface area contributed by atoms with E-state index in [1.807, 2.05) is 0 Å². The molecule has 0 bridgehead atoms. The average molecular weight is 216 g/mol. The highest BCUT2D eigenvalue weighted by atomic mass is 16.5. The summed E-state index contributed by atoms with van der Waals surface area (Å²) >= 11 is 0. The molecule has 1 fully saturated rings. The summed E-state index contributed by atoms with van der Waals surface area (Å²) in [6.07, 6.45) is 4.48. The second-order valence-electron chi connectivity index (χ2n) is 3.99. The Balaban J connectivity index is 2.23. The molecule has 0 aliphatic heterocycles. The Hall–Kier alpha value is -0.650. The van der Waals surface area contributed by atoms with E-state index in [4.69, 9.17) is 20.9 Å². The van der Waals surface area contributed by atoms with Crippen molar-refractivity contribution in [1.82, 2.24) is 0 Å². The fraction of sp³-hybridized carbons (Fsp3) is 0.900. The molecular weight excluding hydrogens is 196 g/mol. The molecule has 1 aliphatic carbocycles. The summed E-state index contributed by atoms with van der Waals surface area (Å²) in [5.74, 6) is -0.519. The molecule has 0 aromatic heterocycles. The minimum Gasteiger partial charge on any atom is -0.381 e. The van der Waals surface area contributed by atoms with Gasteiger partial charge in [0.15, 0.2) is 0 Å². The number of hydrogen-bond acceptors (Lipinski definition) is 4. The summed E-state index contributed by atoms with van der Waals surface area (Å²) in [4.78, 5) is 10.7. The predicted molar refractivity (Wildman–Crippen MR) is 56.2 cm³/mol. The molecule has 5 nitrogen and oxygen atoms in total. The van der Waals surface area contributed by atoms with Gasteiger partial charge in [-0.3, -0.25) is 4.79 Å². The Morgan fingerprint density at radius 2 is 2.13 bits per heavy atom. The van der Waals surface area contributed by atoms with Gasteiger partial charge in [0.2, 0.25) is 5.91 Å². The lowest BCUT2D eigenvalue weighted by Gasteiger charge is -2.28. The third-order valence-corrected chi connectivity index (χ3v) is 2.79. The first-order valence-corrected chi connectivity index (χ1v) is 5.32. The van der Waals surface area contributed by atoms with Gasteiger partial charge in [0.25, 0.3) is 0 Å². The number of carbonyl (C=O) groups excluding carboxylic acids is 1.